The predicted octanol–water partition coefficient (Wildman–Crippen LogP) is 24.5. The normalized spacial score (nSPS) is 13.7. The van der Waals surface area contributed by atoms with Crippen molar-refractivity contribution in [3.8, 4) is 0 Å². The van der Waals surface area contributed by atoms with Gasteiger partial charge in [0.25, 0.3) is 7.82 Å². The quantitative estimate of drug-likeness (QED) is 0.0272. The lowest BCUT2D eigenvalue weighted by Crippen LogP contribution is -2.45. The highest BCUT2D eigenvalue weighted by atomic mass is 31.2. The van der Waals surface area contributed by atoms with Crippen LogP contribution in [0.3, 0.4) is 0 Å². The maximum atomic E-state index is 13.1. The molecule has 516 valence electrons. The third-order valence-corrected chi connectivity index (χ3v) is 19.0. The summed E-state index contributed by atoms with van der Waals surface area (Å²) in [5.74, 6) is -0.198. The lowest BCUT2D eigenvalue weighted by atomic mass is 10.0. The van der Waals surface area contributed by atoms with Gasteiger partial charge in [0.05, 0.1) is 39.9 Å². The Morgan fingerprint density at radius 2 is 0.644 bits per heavy atom. The molecule has 0 aliphatic heterocycles. The maximum absolute atomic E-state index is 13.1. The molecule has 0 radical (unpaired) electrons. The molecule has 0 aliphatic carbocycles. The monoisotopic (exact) mass is 1250 g/mol. The molecule has 9 heteroatoms. The molecule has 0 aromatic rings. The Bertz CT molecular complexity index is 1510. The van der Waals surface area contributed by atoms with E-state index < -0.39 is 20.0 Å². The van der Waals surface area contributed by atoms with E-state index in [-0.39, 0.29) is 19.1 Å². The molecule has 0 saturated carbocycles. The average Bonchev–Trinajstić information content (AvgIpc) is 3.69. The molecule has 0 heterocycles. The molecular weight excluding hydrogens is 1090 g/mol. The summed E-state index contributed by atoms with van der Waals surface area (Å²) in [6.45, 7) is 4.69. The van der Waals surface area contributed by atoms with Crippen molar-refractivity contribution in [3.05, 3.63) is 36.5 Å². The fourth-order valence-electron chi connectivity index (χ4n) is 12.1. The Morgan fingerprint density at radius 3 is 0.931 bits per heavy atom. The number of nitrogens with zero attached hydrogens (tertiary/aromatic N) is 1. The molecule has 1 amide bonds. The second-order valence-electron chi connectivity index (χ2n) is 28.1. The summed E-state index contributed by atoms with van der Waals surface area (Å²) in [6, 6.07) is -0.903. The van der Waals surface area contributed by atoms with Crippen LogP contribution in [-0.4, -0.2) is 68.5 Å². The molecule has 0 fully saturated rings. The van der Waals surface area contributed by atoms with Gasteiger partial charge >= 0.3 is 0 Å². The first-order valence-electron chi connectivity index (χ1n) is 38.9. The number of carbonyl (C=O) groups is 1. The summed E-state index contributed by atoms with van der Waals surface area (Å²) in [5, 5.41) is 14.0. The number of amides is 1. The minimum absolute atomic E-state index is 0.00399. The Balaban J connectivity index is 3.95. The van der Waals surface area contributed by atoms with Crippen molar-refractivity contribution in [2.24, 2.45) is 0 Å². The molecular formula is C78H153N2O6P. The smallest absolute Gasteiger partial charge is 0.268 e. The van der Waals surface area contributed by atoms with E-state index in [1.54, 1.807) is 6.08 Å². The lowest BCUT2D eigenvalue weighted by Gasteiger charge is -2.29. The molecule has 2 N–H and O–H groups in total. The number of hydrogen-bond donors (Lipinski definition) is 2. The molecule has 0 aliphatic rings. The lowest BCUT2D eigenvalue weighted by molar-refractivity contribution is -0.870. The third-order valence-electron chi connectivity index (χ3n) is 18.1. The average molecular weight is 1250 g/mol. The van der Waals surface area contributed by atoms with Crippen molar-refractivity contribution < 1.29 is 32.9 Å². The van der Waals surface area contributed by atoms with Gasteiger partial charge in [-0.05, 0) is 57.8 Å². The van der Waals surface area contributed by atoms with Crippen LogP contribution in [0.4, 0.5) is 0 Å². The van der Waals surface area contributed by atoms with Crippen LogP contribution in [0, 0.1) is 0 Å². The molecule has 0 saturated heterocycles. The fraction of sp³-hybridized carbons (Fsp3) is 0.910. The fourth-order valence-corrected chi connectivity index (χ4v) is 12.8. The zero-order valence-corrected chi connectivity index (χ0v) is 60.2. The number of aliphatic hydroxyl groups is 1. The Kier molecular flexibility index (Phi) is 68.1. The predicted molar refractivity (Wildman–Crippen MR) is 381 cm³/mol. The van der Waals surface area contributed by atoms with Gasteiger partial charge in [0.2, 0.25) is 5.91 Å². The first-order chi connectivity index (χ1) is 42.5. The summed E-state index contributed by atoms with van der Waals surface area (Å²) in [7, 11) is 1.26. The standard InChI is InChI=1S/C78H153N2O6P/c1-6-8-10-12-14-16-18-20-22-24-26-28-30-32-34-35-36-37-38-39-40-41-42-43-44-45-46-48-50-52-54-56-58-60-62-64-66-68-70-72-78(82)79-76(75-86-87(83,84)85-74-73-80(3,4)5)77(81)71-69-67-65-63-61-59-57-55-53-51-49-47-33-31-29-27-25-23-21-19-17-15-13-11-9-7-2/h24,26,61,63,69,71,76-77,81H,6-23,25,27-60,62,64-68,70,72-75H2,1-5H3,(H-,79,82,83,84)/b26-24-,63-61+,71-69+. The molecule has 0 rings (SSSR count). The number of allylic oxidation sites excluding steroid dienone is 5. The number of nitrogens with one attached hydrogen (secondary N) is 1. The minimum Gasteiger partial charge on any atom is -0.756 e. The van der Waals surface area contributed by atoms with Crippen LogP contribution in [0.5, 0.6) is 0 Å². The Labute approximate surface area is 544 Å². The summed E-state index contributed by atoms with van der Waals surface area (Å²) < 4.78 is 23.5. The molecule has 3 atom stereocenters. The number of rotatable bonds is 73. The van der Waals surface area contributed by atoms with Gasteiger partial charge in [-0.25, -0.2) is 0 Å². The van der Waals surface area contributed by atoms with Crippen molar-refractivity contribution in [1.82, 2.24) is 5.32 Å². The summed E-state index contributed by atoms with van der Waals surface area (Å²) in [5.41, 5.74) is 0. The molecule has 8 nitrogen and oxygen atoms in total. The zero-order valence-electron chi connectivity index (χ0n) is 59.3. The Hall–Kier alpha value is -1.28. The summed E-state index contributed by atoms with van der Waals surface area (Å²) >= 11 is 0. The van der Waals surface area contributed by atoms with Crippen LogP contribution in [0.25, 0.3) is 0 Å². The van der Waals surface area contributed by atoms with Gasteiger partial charge in [-0.15, -0.1) is 0 Å². The summed E-state index contributed by atoms with van der Waals surface area (Å²) in [4.78, 5) is 25.7. The van der Waals surface area contributed by atoms with E-state index in [9.17, 15) is 19.4 Å². The molecule has 87 heavy (non-hydrogen) atoms. The number of phosphoric acid groups is 1. The van der Waals surface area contributed by atoms with E-state index in [0.717, 1.165) is 38.5 Å². The Morgan fingerprint density at radius 1 is 0.391 bits per heavy atom. The number of carbonyl (C=O) groups excluding carboxylic acids is 1. The number of hydrogen-bond acceptors (Lipinski definition) is 6. The van der Waals surface area contributed by atoms with Crippen LogP contribution in [0.15, 0.2) is 36.5 Å². The number of phosphoric ester groups is 1. The third kappa shape index (κ3) is 72.0. The van der Waals surface area contributed by atoms with E-state index in [2.05, 4.69) is 43.5 Å². The van der Waals surface area contributed by atoms with E-state index >= 15 is 0 Å². The first-order valence-corrected chi connectivity index (χ1v) is 40.3. The number of quaternary nitrogens is 1. The van der Waals surface area contributed by atoms with Gasteiger partial charge in [0, 0.05) is 6.42 Å². The van der Waals surface area contributed by atoms with Gasteiger partial charge in [0.1, 0.15) is 13.2 Å². The van der Waals surface area contributed by atoms with E-state index in [1.807, 2.05) is 27.2 Å². The van der Waals surface area contributed by atoms with Crippen molar-refractivity contribution >= 4 is 13.7 Å². The molecule has 0 spiro atoms. The molecule has 0 aromatic carbocycles. The van der Waals surface area contributed by atoms with Gasteiger partial charge < -0.3 is 28.8 Å². The minimum atomic E-state index is -4.61. The zero-order chi connectivity index (χ0) is 63.4. The van der Waals surface area contributed by atoms with Crippen LogP contribution < -0.4 is 10.2 Å². The van der Waals surface area contributed by atoms with E-state index in [4.69, 9.17) is 9.05 Å². The number of likely N-dealkylation sites (N-methyl/N-ethyl adjacent to an activating group) is 1. The van der Waals surface area contributed by atoms with E-state index in [1.165, 1.54) is 347 Å². The van der Waals surface area contributed by atoms with Crippen molar-refractivity contribution in [2.45, 2.75) is 418 Å². The second-order valence-corrected chi connectivity index (χ2v) is 29.5. The second kappa shape index (κ2) is 69.1. The highest BCUT2D eigenvalue weighted by Gasteiger charge is 2.23. The van der Waals surface area contributed by atoms with Crippen molar-refractivity contribution in [2.75, 3.05) is 40.9 Å². The summed E-state index contributed by atoms with van der Waals surface area (Å²) in [6.07, 6.45) is 93.2. The highest BCUT2D eigenvalue weighted by Crippen LogP contribution is 2.38. The van der Waals surface area contributed by atoms with Crippen LogP contribution in [0.1, 0.15) is 406 Å². The van der Waals surface area contributed by atoms with Crippen molar-refractivity contribution in [1.29, 1.82) is 0 Å². The SMILES string of the molecule is CCCCCCCCCC/C=C\CCCCCCCCCCCCCCCCCCCCCCCCCCCCCC(=O)NC(COP(=O)([O-])OCC[N+](C)(C)C)C(O)/C=C/CC/C=C/CCCCCCCCCCCCCCCCCCCCCC. The van der Waals surface area contributed by atoms with Gasteiger partial charge in [0.15, 0.2) is 0 Å². The molecule has 3 unspecified atom stereocenters. The first kappa shape index (κ1) is 85.7. The van der Waals surface area contributed by atoms with Gasteiger partial charge in [-0.3, -0.25) is 9.36 Å². The number of unbranched alkanes of at least 4 members (excludes halogenated alkanes) is 56. The highest BCUT2D eigenvalue weighted by molar-refractivity contribution is 7.45. The maximum Gasteiger partial charge on any atom is 0.268 e. The van der Waals surface area contributed by atoms with Crippen LogP contribution in [-0.2, 0) is 18.4 Å². The van der Waals surface area contributed by atoms with Crippen LogP contribution in [0.2, 0.25) is 0 Å². The van der Waals surface area contributed by atoms with Gasteiger partial charge in [-0.2, -0.15) is 0 Å². The molecule has 0 aromatic heterocycles. The van der Waals surface area contributed by atoms with Crippen molar-refractivity contribution in [3.63, 3.8) is 0 Å². The van der Waals surface area contributed by atoms with E-state index in [0.29, 0.717) is 17.4 Å². The largest absolute Gasteiger partial charge is 0.756 e. The van der Waals surface area contributed by atoms with Crippen LogP contribution >= 0.6 is 7.82 Å². The molecule has 0 bridgehead atoms. The number of aliphatic hydroxyl groups excluding tert-OH is 1. The topological polar surface area (TPSA) is 108 Å². The van der Waals surface area contributed by atoms with Gasteiger partial charge in [-0.1, -0.05) is 378 Å².